The third-order valence-corrected chi connectivity index (χ3v) is 10.4. The first-order valence-electron chi connectivity index (χ1n) is 23.3. The lowest BCUT2D eigenvalue weighted by molar-refractivity contribution is -0.161. The van der Waals surface area contributed by atoms with Crippen LogP contribution in [0.25, 0.3) is 0 Å². The number of hydrogen-bond acceptors (Lipinski definition) is 11. The quantitative estimate of drug-likeness (QED) is 0.0127. The molecule has 0 spiro atoms. The van der Waals surface area contributed by atoms with Gasteiger partial charge in [0.2, 0.25) is 0 Å². The zero-order valence-corrected chi connectivity index (χ0v) is 41.1. The summed E-state index contributed by atoms with van der Waals surface area (Å²) < 4.78 is 47.6. The van der Waals surface area contributed by atoms with E-state index in [2.05, 4.69) is 114 Å². The molecule has 0 aromatic carbocycles. The van der Waals surface area contributed by atoms with Gasteiger partial charge in [-0.25, -0.2) is 9.13 Å². The Bertz CT molecular complexity index is 1640. The molecule has 0 aromatic rings. The normalized spacial score (nSPS) is 15.4. The van der Waals surface area contributed by atoms with E-state index in [1.165, 1.54) is 19.3 Å². The molecule has 0 rings (SSSR count). The summed E-state index contributed by atoms with van der Waals surface area (Å²) in [6, 6.07) is 0. The van der Waals surface area contributed by atoms with E-state index in [1.54, 1.807) is 18.2 Å². The van der Waals surface area contributed by atoms with Gasteiger partial charge in [0.05, 0.1) is 25.9 Å². The fourth-order valence-electron chi connectivity index (χ4n) is 5.38. The molecule has 0 radical (unpaired) electrons. The van der Waals surface area contributed by atoms with Crippen LogP contribution in [0.4, 0.5) is 0 Å². The Morgan fingerprint density at radius 3 is 1.53 bits per heavy atom. The summed E-state index contributed by atoms with van der Waals surface area (Å²) in [5.41, 5.74) is 0. The first-order chi connectivity index (χ1) is 31.8. The molecule has 66 heavy (non-hydrogen) atoms. The molecule has 0 saturated carbocycles. The van der Waals surface area contributed by atoms with Crippen molar-refractivity contribution >= 4 is 27.6 Å². The highest BCUT2D eigenvalue weighted by molar-refractivity contribution is 7.47. The van der Waals surface area contributed by atoms with Gasteiger partial charge in [0.25, 0.3) is 0 Å². The molecular weight excluding hydrogens is 886 g/mol. The van der Waals surface area contributed by atoms with E-state index in [4.69, 9.17) is 23.8 Å². The number of unbranched alkanes of at least 4 members (excludes halogenated alkanes) is 6. The Morgan fingerprint density at radius 1 is 0.515 bits per heavy atom. The molecule has 0 bridgehead atoms. The number of ether oxygens (including phenoxy) is 2. The highest BCUT2D eigenvalue weighted by Crippen LogP contribution is 2.43. The van der Waals surface area contributed by atoms with Gasteiger partial charge in [-0.15, -0.1) is 0 Å². The third kappa shape index (κ3) is 47.0. The Labute approximate surface area is 395 Å². The number of phosphoric ester groups is 2. The molecule has 0 aromatic heterocycles. The van der Waals surface area contributed by atoms with Crippen molar-refractivity contribution in [1.29, 1.82) is 0 Å². The van der Waals surface area contributed by atoms with E-state index in [0.717, 1.165) is 77.0 Å². The van der Waals surface area contributed by atoms with E-state index >= 15 is 0 Å². The highest BCUT2D eigenvalue weighted by Gasteiger charge is 2.28. The standard InChI is InChI=1S/C50H80O14P2/c1-3-5-7-9-11-13-15-17-19-21-22-23-25-27-29-31-33-35-37-39-50(54)64-48(45-63-66(58,59)62-43-47(52)42-61-65(55,56)57)44-60-49(53)41-40-46(51)38-36-34-32-30-28-26-24-20-18-16-14-12-10-8-6-4-2/h6,8,11-14,17-20,22-23,26-29,32,34,36,38,46-48,51-52H,3-5,7,9-10,15-16,21,24-25,30-31,33,35,37,39-45H2,1-2H3,(H,58,59)(H2,55,56,57)/b8-6-,13-11-,14-12-,19-17-,20-18-,23-22-,28-26-,29-27-,34-32-,38-36-/t46?,47-,48+/m0/s1. The molecule has 5 N–H and O–H groups in total. The fourth-order valence-corrected chi connectivity index (χ4v) is 6.54. The Hall–Kier alpha value is -3.52. The second-order valence-electron chi connectivity index (χ2n) is 15.1. The van der Waals surface area contributed by atoms with Crippen molar-refractivity contribution in [3.05, 3.63) is 122 Å². The number of esters is 2. The number of phosphoric acid groups is 2. The van der Waals surface area contributed by atoms with Gasteiger partial charge in [-0.1, -0.05) is 155 Å². The second kappa shape index (κ2) is 44.0. The average Bonchev–Trinajstić information content (AvgIpc) is 3.28. The van der Waals surface area contributed by atoms with Gasteiger partial charge in [-0.3, -0.25) is 23.2 Å². The van der Waals surface area contributed by atoms with Gasteiger partial charge < -0.3 is 34.4 Å². The lowest BCUT2D eigenvalue weighted by atomic mass is 10.1. The smallest absolute Gasteiger partial charge is 0.462 e. The molecule has 0 aliphatic rings. The highest BCUT2D eigenvalue weighted by atomic mass is 31.2. The van der Waals surface area contributed by atoms with Crippen LogP contribution in [-0.2, 0) is 41.8 Å². The number of aliphatic hydroxyl groups excluding tert-OH is 2. The van der Waals surface area contributed by atoms with Crippen molar-refractivity contribution in [3.63, 3.8) is 0 Å². The number of aliphatic hydroxyl groups is 2. The van der Waals surface area contributed by atoms with Crippen LogP contribution in [0.15, 0.2) is 122 Å². The molecule has 2 unspecified atom stereocenters. The summed E-state index contributed by atoms with van der Waals surface area (Å²) in [6.45, 7) is 1.29. The Balaban J connectivity index is 4.78. The van der Waals surface area contributed by atoms with Crippen molar-refractivity contribution in [3.8, 4) is 0 Å². The van der Waals surface area contributed by atoms with Crippen LogP contribution < -0.4 is 0 Å². The van der Waals surface area contributed by atoms with Gasteiger partial charge in [0.1, 0.15) is 12.7 Å². The number of hydrogen-bond donors (Lipinski definition) is 5. The third-order valence-electron chi connectivity index (χ3n) is 8.94. The van der Waals surface area contributed by atoms with Crippen LogP contribution in [0, 0.1) is 0 Å². The van der Waals surface area contributed by atoms with Crippen molar-refractivity contribution in [2.45, 2.75) is 154 Å². The average molecular weight is 967 g/mol. The fraction of sp³-hybridized carbons (Fsp3) is 0.560. The van der Waals surface area contributed by atoms with E-state index < -0.39 is 72.3 Å². The lowest BCUT2D eigenvalue weighted by Crippen LogP contribution is -2.30. The van der Waals surface area contributed by atoms with E-state index in [1.807, 2.05) is 12.2 Å². The van der Waals surface area contributed by atoms with Gasteiger partial charge >= 0.3 is 27.6 Å². The molecule has 0 aliphatic carbocycles. The van der Waals surface area contributed by atoms with E-state index in [9.17, 15) is 33.8 Å². The predicted octanol–water partition coefficient (Wildman–Crippen LogP) is 11.4. The largest absolute Gasteiger partial charge is 0.472 e. The van der Waals surface area contributed by atoms with Crippen molar-refractivity contribution in [2.75, 3.05) is 26.4 Å². The van der Waals surface area contributed by atoms with Crippen LogP contribution in [0.1, 0.15) is 136 Å². The van der Waals surface area contributed by atoms with Crippen LogP contribution >= 0.6 is 15.6 Å². The maximum atomic E-state index is 12.7. The molecule has 14 nitrogen and oxygen atoms in total. The molecule has 0 saturated heterocycles. The Kier molecular flexibility index (Phi) is 41.7. The van der Waals surface area contributed by atoms with Crippen LogP contribution in [0.5, 0.6) is 0 Å². The van der Waals surface area contributed by atoms with Crippen LogP contribution in [-0.4, -0.2) is 81.6 Å². The number of allylic oxidation sites excluding steroid dienone is 19. The monoisotopic (exact) mass is 967 g/mol. The van der Waals surface area contributed by atoms with Gasteiger partial charge in [0.15, 0.2) is 6.10 Å². The zero-order valence-electron chi connectivity index (χ0n) is 39.3. The van der Waals surface area contributed by atoms with Gasteiger partial charge in [-0.05, 0) is 89.9 Å². The summed E-state index contributed by atoms with van der Waals surface area (Å²) in [5, 5.41) is 20.1. The molecule has 0 heterocycles. The molecule has 16 heteroatoms. The second-order valence-corrected chi connectivity index (χ2v) is 17.8. The summed E-state index contributed by atoms with van der Waals surface area (Å²) in [7, 11) is -9.78. The maximum Gasteiger partial charge on any atom is 0.472 e. The summed E-state index contributed by atoms with van der Waals surface area (Å²) >= 11 is 0. The minimum atomic E-state index is -4.90. The SMILES string of the molecule is CC/C=C\C/C=C\C/C=C\C/C=C\C/C=C\C=C/C(O)CCC(=O)OC[C@H](COP(=O)(O)OC[C@@H](O)COP(=O)(O)O)OC(=O)CCCCC/C=C\C/C=C\C/C=C\C/C=C\CCCCC. The molecule has 0 amide bonds. The van der Waals surface area contributed by atoms with Gasteiger partial charge in [-0.2, -0.15) is 0 Å². The zero-order chi connectivity index (χ0) is 48.8. The minimum Gasteiger partial charge on any atom is -0.462 e. The molecular formula is C50H80O14P2. The van der Waals surface area contributed by atoms with Gasteiger partial charge in [0, 0.05) is 12.8 Å². The van der Waals surface area contributed by atoms with E-state index in [-0.39, 0.29) is 19.3 Å². The van der Waals surface area contributed by atoms with Crippen molar-refractivity contribution < 1.29 is 66.7 Å². The molecule has 0 aliphatic heterocycles. The van der Waals surface area contributed by atoms with E-state index in [0.29, 0.717) is 6.42 Å². The minimum absolute atomic E-state index is 0.0362. The van der Waals surface area contributed by atoms with Crippen LogP contribution in [0.2, 0.25) is 0 Å². The first-order valence-corrected chi connectivity index (χ1v) is 26.4. The summed E-state index contributed by atoms with van der Waals surface area (Å²) in [5.74, 6) is -1.36. The molecule has 374 valence electrons. The molecule has 4 atom stereocenters. The summed E-state index contributed by atoms with van der Waals surface area (Å²) in [4.78, 5) is 52.8. The first kappa shape index (κ1) is 62.5. The lowest BCUT2D eigenvalue weighted by Gasteiger charge is -2.20. The van der Waals surface area contributed by atoms with Crippen molar-refractivity contribution in [1.82, 2.24) is 0 Å². The number of carbonyl (C=O) groups excluding carboxylic acids is 2. The topological polar surface area (TPSA) is 216 Å². The molecule has 0 fully saturated rings. The van der Waals surface area contributed by atoms with Crippen LogP contribution in [0.3, 0.4) is 0 Å². The van der Waals surface area contributed by atoms with Crippen molar-refractivity contribution in [2.24, 2.45) is 0 Å². The maximum absolute atomic E-state index is 12.7. The number of carbonyl (C=O) groups is 2. The number of rotatable bonds is 42. The Morgan fingerprint density at radius 2 is 1.00 bits per heavy atom. The predicted molar refractivity (Wildman–Crippen MR) is 263 cm³/mol. The summed E-state index contributed by atoms with van der Waals surface area (Å²) in [6.07, 6.45) is 52.3.